The number of benzene rings is 2. The Balaban J connectivity index is 2.41. The molecule has 32 heavy (non-hydrogen) atoms. The summed E-state index contributed by atoms with van der Waals surface area (Å²) < 4.78 is 26.0. The van der Waals surface area contributed by atoms with Crippen LogP contribution in [0, 0.1) is 6.92 Å². The van der Waals surface area contributed by atoms with E-state index in [0.29, 0.717) is 5.56 Å². The molecule has 0 bridgehead atoms. The number of Topliss-reactive ketones (excluding diaryl/α,β-unsaturated/α-hetero) is 1. The van der Waals surface area contributed by atoms with Crippen LogP contribution in [-0.4, -0.2) is 56.8 Å². The fourth-order valence-corrected chi connectivity index (χ4v) is 4.02. The first-order valence-electron chi connectivity index (χ1n) is 10.1. The van der Waals surface area contributed by atoms with E-state index >= 15 is 0 Å². The molecule has 0 spiro atoms. The molecule has 0 saturated carbocycles. The van der Waals surface area contributed by atoms with Crippen LogP contribution >= 0.6 is 0 Å². The Morgan fingerprint density at radius 1 is 1.06 bits per heavy atom. The average Bonchev–Trinajstić information content (AvgIpc) is 2.75. The third-order valence-corrected chi connectivity index (χ3v) is 6.25. The largest absolute Gasteiger partial charge is 0.357 e. The molecule has 2 rings (SSSR count). The van der Waals surface area contributed by atoms with Crippen LogP contribution < -0.4 is 9.62 Å². The Labute approximate surface area is 189 Å². The van der Waals surface area contributed by atoms with Gasteiger partial charge >= 0.3 is 0 Å². The molecule has 0 radical (unpaired) electrons. The number of anilines is 1. The van der Waals surface area contributed by atoms with E-state index < -0.39 is 28.5 Å². The van der Waals surface area contributed by atoms with Crippen LogP contribution in [-0.2, 0) is 26.2 Å². The van der Waals surface area contributed by atoms with E-state index in [1.165, 1.54) is 31.0 Å². The van der Waals surface area contributed by atoms with Gasteiger partial charge in [0.15, 0.2) is 5.78 Å². The fraction of sp³-hybridized carbons (Fsp3) is 0.348. The standard InChI is InChI=1S/C23H29N3O5S/c1-16-9-11-19(12-10-16)14-25(17(2)23(29)24-4)22(28)15-26(32(5,30)31)21-8-6-7-20(13-21)18(3)27/h6-13,17H,14-15H2,1-5H3,(H,24,29). The molecule has 1 unspecified atom stereocenters. The van der Waals surface area contributed by atoms with Crippen molar-refractivity contribution in [1.29, 1.82) is 0 Å². The number of sulfonamides is 1. The lowest BCUT2D eigenvalue weighted by Gasteiger charge is -2.31. The van der Waals surface area contributed by atoms with Crippen LogP contribution in [0.1, 0.15) is 35.3 Å². The monoisotopic (exact) mass is 459 g/mol. The summed E-state index contributed by atoms with van der Waals surface area (Å²) in [6, 6.07) is 12.8. The van der Waals surface area contributed by atoms with Crippen molar-refractivity contribution in [3.8, 4) is 0 Å². The molecule has 2 aromatic rings. The third kappa shape index (κ3) is 6.40. The van der Waals surface area contributed by atoms with Gasteiger partial charge in [-0.3, -0.25) is 18.7 Å². The summed E-state index contributed by atoms with van der Waals surface area (Å²) in [4.78, 5) is 38.7. The number of carbonyl (C=O) groups is 3. The van der Waals surface area contributed by atoms with Gasteiger partial charge in [-0.1, -0.05) is 42.0 Å². The van der Waals surface area contributed by atoms with Crippen LogP contribution in [0.4, 0.5) is 5.69 Å². The maximum absolute atomic E-state index is 13.3. The van der Waals surface area contributed by atoms with Gasteiger partial charge < -0.3 is 10.2 Å². The van der Waals surface area contributed by atoms with Gasteiger partial charge in [-0.15, -0.1) is 0 Å². The van der Waals surface area contributed by atoms with Gasteiger partial charge in [0.2, 0.25) is 21.8 Å². The summed E-state index contributed by atoms with van der Waals surface area (Å²) in [5.41, 5.74) is 2.40. The van der Waals surface area contributed by atoms with Gasteiger partial charge in [-0.2, -0.15) is 0 Å². The highest BCUT2D eigenvalue weighted by atomic mass is 32.2. The minimum Gasteiger partial charge on any atom is -0.357 e. The number of nitrogens with zero attached hydrogens (tertiary/aromatic N) is 2. The Hall–Kier alpha value is -3.20. The average molecular weight is 460 g/mol. The van der Waals surface area contributed by atoms with Crippen molar-refractivity contribution in [2.75, 3.05) is 24.2 Å². The Bertz CT molecular complexity index is 1100. The van der Waals surface area contributed by atoms with Gasteiger partial charge in [-0.05, 0) is 38.5 Å². The van der Waals surface area contributed by atoms with Crippen LogP contribution in [0.3, 0.4) is 0 Å². The summed E-state index contributed by atoms with van der Waals surface area (Å²) >= 11 is 0. The van der Waals surface area contributed by atoms with Gasteiger partial charge in [0.25, 0.3) is 0 Å². The lowest BCUT2D eigenvalue weighted by molar-refractivity contribution is -0.139. The van der Waals surface area contributed by atoms with Crippen LogP contribution in [0.25, 0.3) is 0 Å². The lowest BCUT2D eigenvalue weighted by atomic mass is 10.1. The first kappa shape index (κ1) is 25.1. The smallest absolute Gasteiger partial charge is 0.244 e. The zero-order valence-corrected chi connectivity index (χ0v) is 19.8. The summed E-state index contributed by atoms with van der Waals surface area (Å²) in [6.45, 7) is 4.54. The topological polar surface area (TPSA) is 104 Å². The van der Waals surface area contributed by atoms with Crippen LogP contribution in [0.5, 0.6) is 0 Å². The van der Waals surface area contributed by atoms with Crippen molar-refractivity contribution >= 4 is 33.3 Å². The van der Waals surface area contributed by atoms with E-state index in [4.69, 9.17) is 0 Å². The number of amides is 2. The number of hydrogen-bond donors (Lipinski definition) is 1. The number of carbonyl (C=O) groups excluding carboxylic acids is 3. The van der Waals surface area contributed by atoms with Gasteiger partial charge in [0, 0.05) is 19.2 Å². The van der Waals surface area contributed by atoms with Crippen molar-refractivity contribution in [2.45, 2.75) is 33.4 Å². The molecule has 0 aliphatic carbocycles. The molecule has 0 saturated heterocycles. The number of likely N-dealkylation sites (N-methyl/N-ethyl adjacent to an activating group) is 1. The first-order valence-corrected chi connectivity index (χ1v) is 11.9. The number of ketones is 1. The lowest BCUT2D eigenvalue weighted by Crippen LogP contribution is -2.50. The van der Waals surface area contributed by atoms with Crippen molar-refractivity contribution in [3.05, 3.63) is 65.2 Å². The van der Waals surface area contributed by atoms with E-state index in [1.54, 1.807) is 19.1 Å². The van der Waals surface area contributed by atoms with Crippen LogP contribution in [0.15, 0.2) is 48.5 Å². The van der Waals surface area contributed by atoms with Gasteiger partial charge in [0.1, 0.15) is 12.6 Å². The molecule has 1 atom stereocenters. The van der Waals surface area contributed by atoms with Crippen molar-refractivity contribution in [3.63, 3.8) is 0 Å². The molecule has 9 heteroatoms. The van der Waals surface area contributed by atoms with Crippen LogP contribution in [0.2, 0.25) is 0 Å². The summed E-state index contributed by atoms with van der Waals surface area (Å²) in [6.07, 6.45) is 0.993. The van der Waals surface area contributed by atoms with E-state index in [-0.39, 0.29) is 23.9 Å². The van der Waals surface area contributed by atoms with Crippen molar-refractivity contribution in [1.82, 2.24) is 10.2 Å². The highest BCUT2D eigenvalue weighted by Gasteiger charge is 2.29. The minimum atomic E-state index is -3.85. The number of nitrogens with one attached hydrogen (secondary N) is 1. The molecule has 0 aliphatic heterocycles. The highest BCUT2D eigenvalue weighted by Crippen LogP contribution is 2.21. The maximum atomic E-state index is 13.3. The molecule has 0 aliphatic rings. The fourth-order valence-electron chi connectivity index (χ4n) is 3.18. The first-order chi connectivity index (χ1) is 14.9. The predicted molar refractivity (Wildman–Crippen MR) is 124 cm³/mol. The molecule has 2 amide bonds. The summed E-state index contributed by atoms with van der Waals surface area (Å²) in [5.74, 6) is -1.13. The normalized spacial score (nSPS) is 12.0. The molecular weight excluding hydrogens is 430 g/mol. The van der Waals surface area contributed by atoms with Gasteiger partial charge in [0.05, 0.1) is 11.9 Å². The zero-order valence-electron chi connectivity index (χ0n) is 19.0. The molecule has 2 aromatic carbocycles. The predicted octanol–water partition coefficient (Wildman–Crippen LogP) is 2.13. The van der Waals surface area contributed by atoms with Crippen molar-refractivity contribution in [2.24, 2.45) is 0 Å². The second-order valence-electron chi connectivity index (χ2n) is 7.67. The molecule has 0 fully saturated rings. The van der Waals surface area contributed by atoms with E-state index in [9.17, 15) is 22.8 Å². The SMILES string of the molecule is CNC(=O)C(C)N(Cc1ccc(C)cc1)C(=O)CN(c1cccc(C(C)=O)c1)S(C)(=O)=O. The minimum absolute atomic E-state index is 0.138. The molecule has 172 valence electrons. The van der Waals surface area contributed by atoms with Crippen molar-refractivity contribution < 1.29 is 22.8 Å². The molecule has 8 nitrogen and oxygen atoms in total. The third-order valence-electron chi connectivity index (χ3n) is 5.11. The van der Waals surface area contributed by atoms with E-state index in [1.807, 2.05) is 31.2 Å². The molecular formula is C23H29N3O5S. The Morgan fingerprint density at radius 3 is 2.22 bits per heavy atom. The quantitative estimate of drug-likeness (QED) is 0.579. The summed E-state index contributed by atoms with van der Waals surface area (Å²) in [7, 11) is -2.37. The second-order valence-corrected chi connectivity index (χ2v) is 9.58. The molecule has 0 aromatic heterocycles. The number of rotatable bonds is 9. The summed E-state index contributed by atoms with van der Waals surface area (Å²) in [5, 5.41) is 2.53. The van der Waals surface area contributed by atoms with E-state index in [0.717, 1.165) is 21.7 Å². The zero-order chi connectivity index (χ0) is 24.1. The maximum Gasteiger partial charge on any atom is 0.244 e. The molecule has 0 heterocycles. The Morgan fingerprint density at radius 2 is 1.69 bits per heavy atom. The van der Waals surface area contributed by atoms with E-state index in [2.05, 4.69) is 5.32 Å². The number of aryl methyl sites for hydroxylation is 1. The highest BCUT2D eigenvalue weighted by molar-refractivity contribution is 7.92. The molecule has 1 N–H and O–H groups in total. The van der Waals surface area contributed by atoms with Gasteiger partial charge in [-0.25, -0.2) is 8.42 Å². The number of hydrogen-bond acceptors (Lipinski definition) is 5. The second kappa shape index (κ2) is 10.4. The Kier molecular flexibility index (Phi) is 8.15.